The van der Waals surface area contributed by atoms with Gasteiger partial charge < -0.3 is 0 Å². The van der Waals surface area contributed by atoms with Gasteiger partial charge in [0.1, 0.15) is 0 Å². The fourth-order valence-electron chi connectivity index (χ4n) is 2.36. The van der Waals surface area contributed by atoms with Crippen LogP contribution < -0.4 is 0 Å². The van der Waals surface area contributed by atoms with Crippen LogP contribution in [0.2, 0.25) is 0 Å². The summed E-state index contributed by atoms with van der Waals surface area (Å²) in [7, 11) is 0. The maximum Gasteiger partial charge on any atom is -0.0130 e. The summed E-state index contributed by atoms with van der Waals surface area (Å²) in [5.74, 6) is 0. The van der Waals surface area contributed by atoms with Crippen molar-refractivity contribution in [3.8, 4) is 0 Å². The molecule has 0 heterocycles. The molecule has 0 atom stereocenters. The van der Waals surface area contributed by atoms with Gasteiger partial charge >= 0.3 is 0 Å². The van der Waals surface area contributed by atoms with Crippen LogP contribution in [0.3, 0.4) is 0 Å². The zero-order valence-corrected chi connectivity index (χ0v) is 13.9. The average Bonchev–Trinajstić information content (AvgIpc) is 2.66. The molecule has 104 valence electrons. The third-order valence-electron chi connectivity index (χ3n) is 4.69. The lowest BCUT2D eigenvalue weighted by Crippen LogP contribution is -1.93. The Morgan fingerprint density at radius 3 is 1.42 bits per heavy atom. The molecule has 0 bridgehead atoms. The van der Waals surface area contributed by atoms with Gasteiger partial charge in [-0.3, -0.25) is 0 Å². The van der Waals surface area contributed by atoms with Crippen LogP contribution in [0.1, 0.15) is 55.0 Å². The van der Waals surface area contributed by atoms with Gasteiger partial charge in [-0.2, -0.15) is 0 Å². The summed E-state index contributed by atoms with van der Waals surface area (Å²) in [4.78, 5) is 0. The minimum absolute atomic E-state index is 1.18. The van der Waals surface area contributed by atoms with Crippen LogP contribution in [0.15, 0.2) is 28.9 Å². The molecular formula is C19H28. The van der Waals surface area contributed by atoms with E-state index in [1.165, 1.54) is 51.0 Å². The van der Waals surface area contributed by atoms with Crippen LogP contribution in [0.25, 0.3) is 0 Å². The van der Waals surface area contributed by atoms with Crippen molar-refractivity contribution in [2.24, 2.45) is 0 Å². The standard InChI is InChI=1S/C11H16.C8H12/c1-7-6-8(2)10(4)11(5)9(7)3;1-6-4-5-7(2)8(6)3/h6H,1-5H3;4H,5H2,1-3H3. The third kappa shape index (κ3) is 3.59. The Hall–Kier alpha value is -1.30. The highest BCUT2D eigenvalue weighted by atomic mass is 14.1. The number of aryl methyl sites for hydroxylation is 2. The summed E-state index contributed by atoms with van der Waals surface area (Å²) in [5, 5.41) is 0. The molecular weight excluding hydrogens is 228 g/mol. The van der Waals surface area contributed by atoms with E-state index in [0.717, 1.165) is 0 Å². The molecule has 0 aromatic heterocycles. The van der Waals surface area contributed by atoms with E-state index in [0.29, 0.717) is 0 Å². The molecule has 0 unspecified atom stereocenters. The van der Waals surface area contributed by atoms with Crippen molar-refractivity contribution >= 4 is 0 Å². The van der Waals surface area contributed by atoms with E-state index < -0.39 is 0 Å². The highest BCUT2D eigenvalue weighted by molar-refractivity contribution is 5.42. The summed E-state index contributed by atoms with van der Waals surface area (Å²) in [6.07, 6.45) is 3.46. The van der Waals surface area contributed by atoms with Gasteiger partial charge in [0.05, 0.1) is 0 Å². The number of rotatable bonds is 0. The summed E-state index contributed by atoms with van der Waals surface area (Å²) >= 11 is 0. The van der Waals surface area contributed by atoms with E-state index >= 15 is 0 Å². The molecule has 0 heteroatoms. The molecule has 1 aromatic carbocycles. The average molecular weight is 256 g/mol. The number of hydrogen-bond donors (Lipinski definition) is 0. The molecule has 1 aromatic rings. The summed E-state index contributed by atoms with van der Waals surface area (Å²) in [6, 6.07) is 2.26. The third-order valence-corrected chi connectivity index (χ3v) is 4.69. The first kappa shape index (κ1) is 15.8. The topological polar surface area (TPSA) is 0 Å². The van der Waals surface area contributed by atoms with E-state index in [1.807, 2.05) is 0 Å². The number of hydrogen-bond acceptors (Lipinski definition) is 0. The molecule has 0 spiro atoms. The van der Waals surface area contributed by atoms with Crippen molar-refractivity contribution in [2.45, 2.75) is 61.8 Å². The highest BCUT2D eigenvalue weighted by Crippen LogP contribution is 2.24. The first-order valence-corrected chi connectivity index (χ1v) is 7.13. The van der Waals surface area contributed by atoms with E-state index in [1.54, 1.807) is 0 Å². The molecule has 0 amide bonds. The Labute approximate surface area is 119 Å². The van der Waals surface area contributed by atoms with Crippen molar-refractivity contribution < 1.29 is 0 Å². The van der Waals surface area contributed by atoms with Crippen molar-refractivity contribution in [1.82, 2.24) is 0 Å². The van der Waals surface area contributed by atoms with Crippen LogP contribution in [-0.4, -0.2) is 0 Å². The molecule has 0 saturated carbocycles. The summed E-state index contributed by atoms with van der Waals surface area (Å²) < 4.78 is 0. The second-order valence-electron chi connectivity index (χ2n) is 5.88. The molecule has 19 heavy (non-hydrogen) atoms. The molecule has 1 aliphatic rings. The minimum Gasteiger partial charge on any atom is -0.0773 e. The SMILES string of the molecule is CC1=CCC(C)=C1C.Cc1cc(C)c(C)c(C)c1C. The second-order valence-corrected chi connectivity index (χ2v) is 5.88. The molecule has 0 N–H and O–H groups in total. The first-order chi connectivity index (χ1) is 8.75. The quantitative estimate of drug-likeness (QED) is 0.542. The summed E-state index contributed by atoms with van der Waals surface area (Å²) in [5.41, 5.74) is 11.6. The normalized spacial score (nSPS) is 14.2. The lowest BCUT2D eigenvalue weighted by Gasteiger charge is -2.10. The van der Waals surface area contributed by atoms with Crippen molar-refractivity contribution in [1.29, 1.82) is 0 Å². The van der Waals surface area contributed by atoms with E-state index in [-0.39, 0.29) is 0 Å². The zero-order valence-electron chi connectivity index (χ0n) is 13.9. The Morgan fingerprint density at radius 1 is 0.684 bits per heavy atom. The van der Waals surface area contributed by atoms with Gasteiger partial charge in [0, 0.05) is 0 Å². The van der Waals surface area contributed by atoms with Crippen molar-refractivity contribution in [3.05, 3.63) is 56.7 Å². The van der Waals surface area contributed by atoms with Crippen LogP contribution in [0.5, 0.6) is 0 Å². The van der Waals surface area contributed by atoms with Crippen LogP contribution in [0, 0.1) is 34.6 Å². The van der Waals surface area contributed by atoms with E-state index in [2.05, 4.69) is 67.5 Å². The molecule has 2 rings (SSSR count). The van der Waals surface area contributed by atoms with Gasteiger partial charge in [-0.25, -0.2) is 0 Å². The Kier molecular flexibility index (Phi) is 5.17. The fourth-order valence-corrected chi connectivity index (χ4v) is 2.36. The van der Waals surface area contributed by atoms with Gasteiger partial charge in [0.25, 0.3) is 0 Å². The highest BCUT2D eigenvalue weighted by Gasteiger charge is 2.04. The molecule has 0 saturated heterocycles. The van der Waals surface area contributed by atoms with Crippen molar-refractivity contribution in [2.75, 3.05) is 0 Å². The maximum atomic E-state index is 2.28. The molecule has 0 fully saturated rings. The van der Waals surface area contributed by atoms with E-state index in [4.69, 9.17) is 0 Å². The molecule has 0 nitrogen and oxygen atoms in total. The monoisotopic (exact) mass is 256 g/mol. The van der Waals surface area contributed by atoms with Crippen LogP contribution in [-0.2, 0) is 0 Å². The van der Waals surface area contributed by atoms with Gasteiger partial charge in [-0.1, -0.05) is 23.3 Å². The second kappa shape index (κ2) is 6.23. The predicted molar refractivity (Wildman–Crippen MR) is 86.9 cm³/mol. The Morgan fingerprint density at radius 2 is 1.16 bits per heavy atom. The van der Waals surface area contributed by atoms with Crippen LogP contribution >= 0.6 is 0 Å². The lowest BCUT2D eigenvalue weighted by molar-refractivity contribution is 1.18. The van der Waals surface area contributed by atoms with Gasteiger partial charge in [0.2, 0.25) is 0 Å². The van der Waals surface area contributed by atoms with Crippen LogP contribution in [0.4, 0.5) is 0 Å². The van der Waals surface area contributed by atoms with Gasteiger partial charge in [-0.15, -0.1) is 0 Å². The minimum atomic E-state index is 1.18. The lowest BCUT2D eigenvalue weighted by atomic mass is 9.96. The van der Waals surface area contributed by atoms with Gasteiger partial charge in [0.15, 0.2) is 0 Å². The smallest absolute Gasteiger partial charge is 0.0130 e. The molecule has 1 aliphatic carbocycles. The molecule has 0 aliphatic heterocycles. The van der Waals surface area contributed by atoms with E-state index in [9.17, 15) is 0 Å². The maximum absolute atomic E-state index is 2.28. The Balaban J connectivity index is 0.000000200. The number of benzene rings is 1. The predicted octanol–water partition coefficient (Wildman–Crippen LogP) is 5.90. The molecule has 0 radical (unpaired) electrons. The Bertz CT molecular complexity index is 508. The number of allylic oxidation sites excluding steroid dienone is 4. The summed E-state index contributed by atoms with van der Waals surface area (Å²) in [6.45, 7) is 17.5. The van der Waals surface area contributed by atoms with Gasteiger partial charge in [-0.05, 0) is 95.2 Å². The largest absolute Gasteiger partial charge is 0.0773 e. The van der Waals surface area contributed by atoms with Crippen molar-refractivity contribution in [3.63, 3.8) is 0 Å². The zero-order chi connectivity index (χ0) is 14.7. The fraction of sp³-hybridized carbons (Fsp3) is 0.474. The first-order valence-electron chi connectivity index (χ1n) is 7.13.